The summed E-state index contributed by atoms with van der Waals surface area (Å²) in [6, 6.07) is 0.709. The average molecular weight is 180 g/mol. The Hall–Kier alpha value is -0.340. The lowest BCUT2D eigenvalue weighted by molar-refractivity contribution is 0.256. The fourth-order valence-electron chi connectivity index (χ4n) is 2.28. The lowest BCUT2D eigenvalue weighted by Crippen LogP contribution is -2.33. The van der Waals surface area contributed by atoms with Gasteiger partial charge in [0.05, 0.1) is 0 Å². The smallest absolute Gasteiger partial charge is 0.0215 e. The molecule has 2 nitrogen and oxygen atoms in total. The van der Waals surface area contributed by atoms with Gasteiger partial charge in [0, 0.05) is 32.2 Å². The molecule has 0 radical (unpaired) electrons. The van der Waals surface area contributed by atoms with Gasteiger partial charge in [-0.05, 0) is 31.5 Å². The second-order valence-corrected chi connectivity index (χ2v) is 4.51. The molecule has 0 unspecified atom stereocenters. The molecule has 2 rings (SSSR count). The summed E-state index contributed by atoms with van der Waals surface area (Å²) in [5, 5.41) is 0. The second-order valence-electron chi connectivity index (χ2n) is 4.51. The number of hydrogen-bond acceptors (Lipinski definition) is 2. The first-order chi connectivity index (χ1) is 6.20. The number of hydrogen-bond donors (Lipinski definition) is 0. The van der Waals surface area contributed by atoms with Crippen LogP contribution < -0.4 is 0 Å². The highest BCUT2D eigenvalue weighted by atomic mass is 15.2. The van der Waals surface area contributed by atoms with Crippen molar-refractivity contribution in [2.75, 3.05) is 32.7 Å². The standard InChI is InChI=1S/C11H20N2/c1-4-12-5-10-7-13(9(2)3)8-11(10)6-12/h9H,4-8H2,1-3H3. The molecule has 2 aliphatic rings. The van der Waals surface area contributed by atoms with E-state index in [1.807, 2.05) is 0 Å². The lowest BCUT2D eigenvalue weighted by Gasteiger charge is -2.24. The third kappa shape index (κ3) is 1.65. The van der Waals surface area contributed by atoms with Gasteiger partial charge in [-0.1, -0.05) is 6.92 Å². The van der Waals surface area contributed by atoms with Crippen LogP contribution in [-0.4, -0.2) is 48.6 Å². The van der Waals surface area contributed by atoms with E-state index >= 15 is 0 Å². The molecule has 0 aromatic heterocycles. The Morgan fingerprint density at radius 3 is 2.00 bits per heavy atom. The lowest BCUT2D eigenvalue weighted by atomic mass is 10.2. The second kappa shape index (κ2) is 3.43. The zero-order valence-electron chi connectivity index (χ0n) is 9.01. The van der Waals surface area contributed by atoms with Crippen LogP contribution in [0.2, 0.25) is 0 Å². The van der Waals surface area contributed by atoms with Crippen molar-refractivity contribution in [3.05, 3.63) is 11.1 Å². The molecule has 0 fully saturated rings. The van der Waals surface area contributed by atoms with Crippen LogP contribution in [0, 0.1) is 0 Å². The Bertz CT molecular complexity index is 212. The minimum absolute atomic E-state index is 0.709. The van der Waals surface area contributed by atoms with E-state index in [4.69, 9.17) is 0 Å². The maximum Gasteiger partial charge on any atom is 0.0215 e. The summed E-state index contributed by atoms with van der Waals surface area (Å²) in [5.74, 6) is 0. The van der Waals surface area contributed by atoms with E-state index in [2.05, 4.69) is 30.6 Å². The topological polar surface area (TPSA) is 6.48 Å². The van der Waals surface area contributed by atoms with E-state index in [1.54, 1.807) is 11.1 Å². The molecule has 13 heavy (non-hydrogen) atoms. The van der Waals surface area contributed by atoms with Crippen molar-refractivity contribution in [3.8, 4) is 0 Å². The fourth-order valence-corrected chi connectivity index (χ4v) is 2.28. The van der Waals surface area contributed by atoms with E-state index < -0.39 is 0 Å². The molecule has 0 saturated carbocycles. The zero-order valence-corrected chi connectivity index (χ0v) is 9.01. The van der Waals surface area contributed by atoms with E-state index in [1.165, 1.54) is 32.7 Å². The number of likely N-dealkylation sites (N-methyl/N-ethyl adjacent to an activating group) is 1. The maximum atomic E-state index is 2.57. The van der Waals surface area contributed by atoms with Crippen LogP contribution in [0.15, 0.2) is 11.1 Å². The van der Waals surface area contributed by atoms with Gasteiger partial charge < -0.3 is 0 Å². The van der Waals surface area contributed by atoms with Gasteiger partial charge in [-0.2, -0.15) is 0 Å². The Morgan fingerprint density at radius 1 is 1.08 bits per heavy atom. The molecule has 0 aliphatic carbocycles. The molecule has 0 bridgehead atoms. The fraction of sp³-hybridized carbons (Fsp3) is 0.818. The number of rotatable bonds is 2. The number of nitrogens with zero attached hydrogens (tertiary/aromatic N) is 2. The zero-order chi connectivity index (χ0) is 9.42. The van der Waals surface area contributed by atoms with Crippen LogP contribution in [0.5, 0.6) is 0 Å². The summed E-state index contributed by atoms with van der Waals surface area (Å²) in [7, 11) is 0. The maximum absolute atomic E-state index is 2.57. The SMILES string of the molecule is CCN1CC2=C(C1)CN(C(C)C)C2. The van der Waals surface area contributed by atoms with Gasteiger partial charge in [0.1, 0.15) is 0 Å². The third-order valence-corrected chi connectivity index (χ3v) is 3.29. The van der Waals surface area contributed by atoms with E-state index in [9.17, 15) is 0 Å². The van der Waals surface area contributed by atoms with Crippen molar-refractivity contribution in [2.24, 2.45) is 0 Å². The molecule has 0 saturated heterocycles. The summed E-state index contributed by atoms with van der Waals surface area (Å²) in [6.45, 7) is 13.0. The summed E-state index contributed by atoms with van der Waals surface area (Å²) >= 11 is 0. The van der Waals surface area contributed by atoms with Gasteiger partial charge in [-0.15, -0.1) is 0 Å². The Morgan fingerprint density at radius 2 is 1.62 bits per heavy atom. The highest BCUT2D eigenvalue weighted by molar-refractivity contribution is 5.30. The van der Waals surface area contributed by atoms with E-state index in [-0.39, 0.29) is 0 Å². The van der Waals surface area contributed by atoms with Crippen LogP contribution in [0.1, 0.15) is 20.8 Å². The van der Waals surface area contributed by atoms with Crippen molar-refractivity contribution in [1.29, 1.82) is 0 Å². The van der Waals surface area contributed by atoms with E-state index in [0.29, 0.717) is 6.04 Å². The highest BCUT2D eigenvalue weighted by Crippen LogP contribution is 2.26. The molecule has 74 valence electrons. The minimum Gasteiger partial charge on any atom is -0.296 e. The van der Waals surface area contributed by atoms with Crippen molar-refractivity contribution in [3.63, 3.8) is 0 Å². The van der Waals surface area contributed by atoms with Gasteiger partial charge in [0.2, 0.25) is 0 Å². The van der Waals surface area contributed by atoms with Crippen LogP contribution in [0.25, 0.3) is 0 Å². The van der Waals surface area contributed by atoms with Crippen molar-refractivity contribution < 1.29 is 0 Å². The molecule has 0 N–H and O–H groups in total. The van der Waals surface area contributed by atoms with Crippen molar-refractivity contribution in [2.45, 2.75) is 26.8 Å². The molecule has 0 aromatic carbocycles. The predicted molar refractivity (Wildman–Crippen MR) is 55.8 cm³/mol. The first-order valence-corrected chi connectivity index (χ1v) is 5.37. The van der Waals surface area contributed by atoms with Gasteiger partial charge in [0.15, 0.2) is 0 Å². The summed E-state index contributed by atoms with van der Waals surface area (Å²) in [6.07, 6.45) is 0. The monoisotopic (exact) mass is 180 g/mol. The predicted octanol–water partition coefficient (Wildman–Crippen LogP) is 1.34. The Balaban J connectivity index is 1.94. The van der Waals surface area contributed by atoms with Crippen molar-refractivity contribution >= 4 is 0 Å². The Kier molecular flexibility index (Phi) is 2.43. The van der Waals surface area contributed by atoms with E-state index in [0.717, 1.165) is 0 Å². The molecular formula is C11H20N2. The Labute approximate surface area is 81.2 Å². The van der Waals surface area contributed by atoms with Crippen LogP contribution in [-0.2, 0) is 0 Å². The van der Waals surface area contributed by atoms with Gasteiger partial charge >= 0.3 is 0 Å². The van der Waals surface area contributed by atoms with Gasteiger partial charge in [-0.3, -0.25) is 9.80 Å². The highest BCUT2D eigenvalue weighted by Gasteiger charge is 2.29. The molecular weight excluding hydrogens is 160 g/mol. The molecule has 2 aliphatic heterocycles. The minimum atomic E-state index is 0.709. The largest absolute Gasteiger partial charge is 0.296 e. The molecule has 0 aromatic rings. The summed E-state index contributed by atoms with van der Waals surface area (Å²) in [5.41, 5.74) is 3.41. The first-order valence-electron chi connectivity index (χ1n) is 5.37. The quantitative estimate of drug-likeness (QED) is 0.592. The van der Waals surface area contributed by atoms with Crippen LogP contribution >= 0.6 is 0 Å². The van der Waals surface area contributed by atoms with Gasteiger partial charge in [-0.25, -0.2) is 0 Å². The normalized spacial score (nSPS) is 24.9. The first kappa shape index (κ1) is 9.22. The third-order valence-electron chi connectivity index (χ3n) is 3.29. The van der Waals surface area contributed by atoms with Crippen LogP contribution in [0.3, 0.4) is 0 Å². The molecule has 0 amide bonds. The molecule has 2 heterocycles. The molecule has 0 atom stereocenters. The molecule has 0 spiro atoms. The molecule has 2 heteroatoms. The van der Waals surface area contributed by atoms with Gasteiger partial charge in [0.25, 0.3) is 0 Å². The van der Waals surface area contributed by atoms with Crippen molar-refractivity contribution in [1.82, 2.24) is 9.80 Å². The summed E-state index contributed by atoms with van der Waals surface area (Å²) < 4.78 is 0. The average Bonchev–Trinajstić information content (AvgIpc) is 2.58. The van der Waals surface area contributed by atoms with Crippen LogP contribution in [0.4, 0.5) is 0 Å². The summed E-state index contributed by atoms with van der Waals surface area (Å²) in [4.78, 5) is 5.10.